The van der Waals surface area contributed by atoms with Gasteiger partial charge in [-0.25, -0.2) is 13.6 Å². The van der Waals surface area contributed by atoms with Crippen LogP contribution in [0.5, 0.6) is 5.75 Å². The largest absolute Gasteiger partial charge is 0.491 e. The number of carboxylic acid groups (broad SMARTS) is 1. The number of ether oxygens (including phenoxy) is 1. The summed E-state index contributed by atoms with van der Waals surface area (Å²) < 4.78 is 33.7. The fraction of sp³-hybridized carbons (Fsp3) is 0.630. The van der Waals surface area contributed by atoms with Gasteiger partial charge in [0.1, 0.15) is 5.75 Å². The number of carbonyl (C=O) groups is 2. The molecule has 1 atom stereocenters. The van der Waals surface area contributed by atoms with Crippen LogP contribution in [0.15, 0.2) is 30.0 Å². The third kappa shape index (κ3) is 4.69. The van der Waals surface area contributed by atoms with Crippen molar-refractivity contribution in [2.45, 2.75) is 84.2 Å². The molecule has 0 bridgehead atoms. The molecule has 0 aromatic heterocycles. The number of benzene rings is 1. The quantitative estimate of drug-likeness (QED) is 0.440. The third-order valence-corrected chi connectivity index (χ3v) is 8.06. The lowest BCUT2D eigenvalue weighted by Crippen LogP contribution is -2.67. The van der Waals surface area contributed by atoms with Gasteiger partial charge in [0.2, 0.25) is 5.92 Å². The van der Waals surface area contributed by atoms with Gasteiger partial charge in [-0.1, -0.05) is 38.4 Å². The van der Waals surface area contributed by atoms with Crippen molar-refractivity contribution in [2.75, 3.05) is 6.61 Å². The number of nitrogens with zero attached hydrogens (tertiary/aromatic N) is 1. The van der Waals surface area contributed by atoms with Gasteiger partial charge >= 0.3 is 12.0 Å². The average Bonchev–Trinajstić information content (AvgIpc) is 2.69. The number of amides is 2. The van der Waals surface area contributed by atoms with Crippen molar-refractivity contribution in [2.24, 2.45) is 16.7 Å². The molecule has 2 amide bonds. The van der Waals surface area contributed by atoms with Crippen molar-refractivity contribution < 1.29 is 28.2 Å². The summed E-state index contributed by atoms with van der Waals surface area (Å²) in [6, 6.07) is 4.86. The molecule has 4 rings (SSSR count). The zero-order valence-electron chi connectivity index (χ0n) is 21.7. The van der Waals surface area contributed by atoms with Crippen LogP contribution < -0.4 is 10.1 Å². The maximum atomic E-state index is 13.9. The summed E-state index contributed by atoms with van der Waals surface area (Å²) in [5, 5.41) is 13.0. The predicted octanol–water partition coefficient (Wildman–Crippen LogP) is 6.58. The fourth-order valence-corrected chi connectivity index (χ4v) is 6.12. The molecule has 0 spiro atoms. The van der Waals surface area contributed by atoms with E-state index in [0.29, 0.717) is 28.5 Å². The van der Waals surface area contributed by atoms with Gasteiger partial charge in [-0.15, -0.1) is 0 Å². The molecule has 1 heterocycles. The molecule has 2 fully saturated rings. The minimum absolute atomic E-state index is 0.0610. The van der Waals surface area contributed by atoms with Crippen molar-refractivity contribution in [3.05, 3.63) is 40.6 Å². The molecule has 6 nitrogen and oxygen atoms in total. The van der Waals surface area contributed by atoms with E-state index in [1.54, 1.807) is 38.2 Å². The van der Waals surface area contributed by atoms with E-state index in [-0.39, 0.29) is 31.1 Å². The number of hydrogen-bond acceptors (Lipinski definition) is 3. The van der Waals surface area contributed by atoms with Gasteiger partial charge in [-0.2, -0.15) is 0 Å². The number of rotatable bonds is 6. The third-order valence-electron chi connectivity index (χ3n) is 7.76. The van der Waals surface area contributed by atoms with E-state index in [9.17, 15) is 23.5 Å². The molecule has 2 aliphatic carbocycles. The van der Waals surface area contributed by atoms with Crippen molar-refractivity contribution in [3.8, 4) is 5.75 Å². The first-order chi connectivity index (χ1) is 16.4. The molecular formula is C27H35ClF2N2O4. The van der Waals surface area contributed by atoms with E-state index >= 15 is 0 Å². The average molecular weight is 525 g/mol. The lowest BCUT2D eigenvalue weighted by atomic mass is 9.58. The predicted molar refractivity (Wildman–Crippen MR) is 133 cm³/mol. The van der Waals surface area contributed by atoms with E-state index in [2.05, 4.69) is 5.32 Å². The second-order valence-corrected chi connectivity index (χ2v) is 13.1. The minimum atomic E-state index is -2.75. The second-order valence-electron chi connectivity index (χ2n) is 12.7. The Labute approximate surface area is 216 Å². The van der Waals surface area contributed by atoms with Gasteiger partial charge in [0.25, 0.3) is 0 Å². The summed E-state index contributed by atoms with van der Waals surface area (Å²) in [6.07, 6.45) is 1.62. The molecule has 0 unspecified atom stereocenters. The molecule has 2 N–H and O–H groups in total. The van der Waals surface area contributed by atoms with E-state index < -0.39 is 40.3 Å². The summed E-state index contributed by atoms with van der Waals surface area (Å²) in [4.78, 5) is 26.6. The van der Waals surface area contributed by atoms with Crippen LogP contribution in [-0.2, 0) is 10.3 Å². The number of halogens is 3. The van der Waals surface area contributed by atoms with Crippen molar-refractivity contribution >= 4 is 23.6 Å². The Morgan fingerprint density at radius 2 is 1.83 bits per heavy atom. The van der Waals surface area contributed by atoms with Crippen LogP contribution in [-0.4, -0.2) is 40.1 Å². The highest BCUT2D eigenvalue weighted by Gasteiger charge is 2.60. The highest BCUT2D eigenvalue weighted by atomic mass is 35.5. The highest BCUT2D eigenvalue weighted by molar-refractivity contribution is 6.32. The molecule has 36 heavy (non-hydrogen) atoms. The zero-order chi connectivity index (χ0) is 26.9. The fourth-order valence-electron chi connectivity index (χ4n) is 5.88. The normalized spacial score (nSPS) is 32.2. The molecular weight excluding hydrogens is 490 g/mol. The van der Waals surface area contributed by atoms with Gasteiger partial charge in [0, 0.05) is 24.6 Å². The van der Waals surface area contributed by atoms with Gasteiger partial charge in [-0.3, -0.25) is 9.69 Å². The molecule has 2 saturated carbocycles. The Kier molecular flexibility index (Phi) is 6.18. The van der Waals surface area contributed by atoms with Crippen molar-refractivity contribution in [3.63, 3.8) is 0 Å². The number of carboxylic acids is 1. The number of aliphatic carboxylic acids is 1. The van der Waals surface area contributed by atoms with E-state index in [0.717, 1.165) is 0 Å². The number of hydrogen-bond donors (Lipinski definition) is 2. The molecule has 9 heteroatoms. The maximum Gasteiger partial charge on any atom is 0.322 e. The molecule has 1 aliphatic heterocycles. The van der Waals surface area contributed by atoms with Gasteiger partial charge < -0.3 is 15.2 Å². The van der Waals surface area contributed by atoms with Crippen LogP contribution in [0.3, 0.4) is 0 Å². The zero-order valence-corrected chi connectivity index (χ0v) is 22.4. The first-order valence-electron chi connectivity index (χ1n) is 12.3. The van der Waals surface area contributed by atoms with E-state index in [1.165, 1.54) is 4.90 Å². The molecule has 0 saturated heterocycles. The molecule has 198 valence electrons. The Morgan fingerprint density at radius 1 is 1.22 bits per heavy atom. The van der Waals surface area contributed by atoms with Crippen LogP contribution in [0.2, 0.25) is 5.02 Å². The molecule has 3 aliphatic rings. The highest BCUT2D eigenvalue weighted by Crippen LogP contribution is 2.56. The van der Waals surface area contributed by atoms with Gasteiger partial charge in [0.05, 0.1) is 22.6 Å². The summed E-state index contributed by atoms with van der Waals surface area (Å²) >= 11 is 6.55. The van der Waals surface area contributed by atoms with Crippen LogP contribution in [0.25, 0.3) is 0 Å². The number of urea groups is 1. The first kappa shape index (κ1) is 26.7. The number of alkyl halides is 2. The summed E-state index contributed by atoms with van der Waals surface area (Å²) in [7, 11) is 0. The summed E-state index contributed by atoms with van der Waals surface area (Å²) in [6.45, 7) is 11.9. The van der Waals surface area contributed by atoms with Crippen LogP contribution in [0.4, 0.5) is 13.6 Å². The molecule has 1 aromatic carbocycles. The Balaban J connectivity index is 1.68. The topological polar surface area (TPSA) is 78.9 Å². The Hall–Kier alpha value is -2.35. The number of carbonyl (C=O) groups excluding carboxylic acids is 1. The minimum Gasteiger partial charge on any atom is -0.491 e. The lowest BCUT2D eigenvalue weighted by Gasteiger charge is -2.58. The monoisotopic (exact) mass is 524 g/mol. The standard InChI is InChI=1S/C27H35ClF2N2O4/c1-23(2,3)15-36-20-8-7-17(9-19(20)28)26(6)18(16-10-27(29,30)11-16)12-32(22(35)31-26)25(5)13-24(4,14-25)21(33)34/h7-9,12,16H,10-11,13-15H2,1-6H3,(H,31,35)(H,33,34)/t24?,25?,26-/m0/s1. The molecule has 1 aromatic rings. The first-order valence-corrected chi connectivity index (χ1v) is 12.6. The Bertz CT molecular complexity index is 1120. The summed E-state index contributed by atoms with van der Waals surface area (Å²) in [5.41, 5.74) is -1.44. The molecule has 0 radical (unpaired) electrons. The SMILES string of the molecule is CC(C)(C)COc1ccc([C@]2(C)NC(=O)N(C3(C)CC(C)(C(=O)O)C3)C=C2C2CC(F)(F)C2)cc1Cl. The van der Waals surface area contributed by atoms with E-state index in [4.69, 9.17) is 16.3 Å². The van der Waals surface area contributed by atoms with Crippen molar-refractivity contribution in [1.29, 1.82) is 0 Å². The van der Waals surface area contributed by atoms with Crippen LogP contribution >= 0.6 is 11.6 Å². The van der Waals surface area contributed by atoms with Crippen LogP contribution in [0.1, 0.15) is 72.8 Å². The smallest absolute Gasteiger partial charge is 0.322 e. The van der Waals surface area contributed by atoms with Crippen molar-refractivity contribution in [1.82, 2.24) is 10.2 Å². The van der Waals surface area contributed by atoms with Gasteiger partial charge in [0.15, 0.2) is 0 Å². The second kappa shape index (κ2) is 8.33. The Morgan fingerprint density at radius 3 is 2.33 bits per heavy atom. The van der Waals surface area contributed by atoms with Crippen LogP contribution in [0, 0.1) is 16.7 Å². The maximum absolute atomic E-state index is 13.9. The van der Waals surface area contributed by atoms with Gasteiger partial charge in [-0.05, 0) is 68.2 Å². The van der Waals surface area contributed by atoms with E-state index in [1.807, 2.05) is 27.7 Å². The number of nitrogens with one attached hydrogen (secondary N) is 1. The lowest BCUT2D eigenvalue weighted by molar-refractivity contribution is -0.162. The summed E-state index contributed by atoms with van der Waals surface area (Å²) in [5.74, 6) is -3.58.